The van der Waals surface area contributed by atoms with Gasteiger partial charge in [0.25, 0.3) is 0 Å². The predicted octanol–water partition coefficient (Wildman–Crippen LogP) is 2.53. The lowest BCUT2D eigenvalue weighted by Gasteiger charge is -2.05. The molecule has 0 aliphatic carbocycles. The van der Waals surface area contributed by atoms with E-state index in [0.29, 0.717) is 11.7 Å². The molecule has 0 fully saturated rings. The van der Waals surface area contributed by atoms with Crippen molar-refractivity contribution < 1.29 is 8.78 Å². The molecule has 1 aromatic carbocycles. The summed E-state index contributed by atoms with van der Waals surface area (Å²) < 4.78 is 28.1. The van der Waals surface area contributed by atoms with Crippen molar-refractivity contribution in [1.29, 1.82) is 0 Å². The Morgan fingerprint density at radius 1 is 1.31 bits per heavy atom. The minimum absolute atomic E-state index is 0.0923. The first kappa shape index (κ1) is 11.1. The lowest BCUT2D eigenvalue weighted by Crippen LogP contribution is -2.00. The van der Waals surface area contributed by atoms with E-state index >= 15 is 0 Å². The summed E-state index contributed by atoms with van der Waals surface area (Å²) in [6, 6.07) is 3.23. The lowest BCUT2D eigenvalue weighted by molar-refractivity contribution is 0.599. The van der Waals surface area contributed by atoms with Gasteiger partial charge in [0.2, 0.25) is 0 Å². The van der Waals surface area contributed by atoms with Gasteiger partial charge in [-0.3, -0.25) is 0 Å². The maximum Gasteiger partial charge on any atom is 0.188 e. The Balaban J connectivity index is 2.62. The number of hydrogen-bond donors (Lipinski definition) is 1. The lowest BCUT2D eigenvalue weighted by atomic mass is 10.2. The van der Waals surface area contributed by atoms with Crippen LogP contribution in [0.25, 0.3) is 11.4 Å². The van der Waals surface area contributed by atoms with Crippen LogP contribution >= 0.6 is 12.6 Å². The second kappa shape index (κ2) is 4.21. The number of thiol groups is 1. The molecule has 0 bridgehead atoms. The van der Waals surface area contributed by atoms with Gasteiger partial charge in [-0.2, -0.15) is 0 Å². The molecule has 0 amide bonds. The maximum atomic E-state index is 13.5. The first-order valence-electron chi connectivity index (χ1n) is 4.71. The first-order chi connectivity index (χ1) is 7.63. The fraction of sp³-hybridized carbons (Fsp3) is 0.200. The van der Waals surface area contributed by atoms with Gasteiger partial charge in [-0.1, -0.05) is 0 Å². The van der Waals surface area contributed by atoms with E-state index in [4.69, 9.17) is 0 Å². The van der Waals surface area contributed by atoms with Crippen LogP contribution in [0.15, 0.2) is 23.4 Å². The van der Waals surface area contributed by atoms with Crippen LogP contribution in [0.4, 0.5) is 8.78 Å². The highest BCUT2D eigenvalue weighted by Crippen LogP contribution is 2.23. The van der Waals surface area contributed by atoms with Crippen molar-refractivity contribution in [3.8, 4) is 11.4 Å². The van der Waals surface area contributed by atoms with Crippen LogP contribution in [0, 0.1) is 11.6 Å². The second-order valence-corrected chi connectivity index (χ2v) is 3.59. The van der Waals surface area contributed by atoms with Gasteiger partial charge in [-0.05, 0) is 25.1 Å². The third kappa shape index (κ3) is 1.80. The second-order valence-electron chi connectivity index (χ2n) is 3.19. The highest BCUT2D eigenvalue weighted by atomic mass is 32.1. The van der Waals surface area contributed by atoms with Crippen molar-refractivity contribution in [2.24, 2.45) is 0 Å². The SMILES string of the molecule is CCn1c(S)nnc1-c1cc(F)ccc1F. The molecule has 1 aromatic heterocycles. The number of hydrogen-bond acceptors (Lipinski definition) is 3. The molecule has 0 aliphatic rings. The summed E-state index contributed by atoms with van der Waals surface area (Å²) in [6.45, 7) is 2.39. The van der Waals surface area contributed by atoms with Crippen molar-refractivity contribution in [3.63, 3.8) is 0 Å². The van der Waals surface area contributed by atoms with Gasteiger partial charge in [0.05, 0.1) is 5.56 Å². The van der Waals surface area contributed by atoms with E-state index in [-0.39, 0.29) is 11.4 Å². The minimum atomic E-state index is -0.531. The topological polar surface area (TPSA) is 30.7 Å². The fourth-order valence-electron chi connectivity index (χ4n) is 1.45. The van der Waals surface area contributed by atoms with E-state index in [9.17, 15) is 8.78 Å². The summed E-state index contributed by atoms with van der Waals surface area (Å²) >= 11 is 4.08. The summed E-state index contributed by atoms with van der Waals surface area (Å²) in [4.78, 5) is 0. The number of halogens is 2. The van der Waals surface area contributed by atoms with Gasteiger partial charge in [0.1, 0.15) is 11.6 Å². The number of rotatable bonds is 2. The Morgan fingerprint density at radius 2 is 2.06 bits per heavy atom. The van der Waals surface area contributed by atoms with Crippen LogP contribution < -0.4 is 0 Å². The molecule has 3 nitrogen and oxygen atoms in total. The minimum Gasteiger partial charge on any atom is -0.302 e. The normalized spacial score (nSPS) is 10.8. The van der Waals surface area contributed by atoms with Gasteiger partial charge in [-0.15, -0.1) is 22.8 Å². The third-order valence-electron chi connectivity index (χ3n) is 2.22. The maximum absolute atomic E-state index is 13.5. The summed E-state index contributed by atoms with van der Waals surface area (Å²) in [5.41, 5.74) is 0.0923. The molecule has 84 valence electrons. The number of benzene rings is 1. The largest absolute Gasteiger partial charge is 0.302 e. The quantitative estimate of drug-likeness (QED) is 0.819. The fourth-order valence-corrected chi connectivity index (χ4v) is 1.73. The molecule has 1 heterocycles. The van der Waals surface area contributed by atoms with Gasteiger partial charge < -0.3 is 4.57 Å². The van der Waals surface area contributed by atoms with E-state index < -0.39 is 11.6 Å². The molecule has 6 heteroatoms. The smallest absolute Gasteiger partial charge is 0.188 e. The van der Waals surface area contributed by atoms with E-state index in [2.05, 4.69) is 22.8 Å². The summed E-state index contributed by atoms with van der Waals surface area (Å²) in [5.74, 6) is -0.760. The molecule has 16 heavy (non-hydrogen) atoms. The van der Waals surface area contributed by atoms with Crippen molar-refractivity contribution in [2.45, 2.75) is 18.6 Å². The third-order valence-corrected chi connectivity index (χ3v) is 2.55. The average molecular weight is 241 g/mol. The molecule has 0 unspecified atom stereocenters. The Kier molecular flexibility index (Phi) is 2.91. The van der Waals surface area contributed by atoms with Gasteiger partial charge >= 0.3 is 0 Å². The van der Waals surface area contributed by atoms with E-state index in [1.165, 1.54) is 0 Å². The van der Waals surface area contributed by atoms with Gasteiger partial charge in [0, 0.05) is 6.54 Å². The van der Waals surface area contributed by atoms with Crippen molar-refractivity contribution >= 4 is 12.6 Å². The zero-order chi connectivity index (χ0) is 11.7. The van der Waals surface area contributed by atoms with E-state index in [1.54, 1.807) is 4.57 Å². The number of aromatic nitrogens is 3. The standard InChI is InChI=1S/C10H9F2N3S/c1-2-15-9(13-14-10(15)16)7-5-6(11)3-4-8(7)12/h3-5H,2H2,1H3,(H,14,16). The Bertz CT molecular complexity index is 525. The summed E-state index contributed by atoms with van der Waals surface area (Å²) in [7, 11) is 0. The highest BCUT2D eigenvalue weighted by molar-refractivity contribution is 7.80. The molecule has 2 rings (SSSR count). The first-order valence-corrected chi connectivity index (χ1v) is 5.15. The molecule has 0 spiro atoms. The van der Waals surface area contributed by atoms with Crippen LogP contribution in [0.5, 0.6) is 0 Å². The predicted molar refractivity (Wildman–Crippen MR) is 58.3 cm³/mol. The average Bonchev–Trinajstić information content (AvgIpc) is 2.63. The zero-order valence-corrected chi connectivity index (χ0v) is 9.38. The van der Waals surface area contributed by atoms with Crippen molar-refractivity contribution in [2.75, 3.05) is 0 Å². The molecule has 0 saturated heterocycles. The summed E-state index contributed by atoms with van der Waals surface area (Å²) in [6.07, 6.45) is 0. The van der Waals surface area contributed by atoms with Crippen LogP contribution in [0.2, 0.25) is 0 Å². The molecule has 0 radical (unpaired) electrons. The molecular weight excluding hydrogens is 232 g/mol. The number of nitrogens with zero attached hydrogens (tertiary/aromatic N) is 3. The molecule has 0 aliphatic heterocycles. The van der Waals surface area contributed by atoms with Gasteiger partial charge in [-0.25, -0.2) is 8.78 Å². The monoisotopic (exact) mass is 241 g/mol. The van der Waals surface area contributed by atoms with Crippen LogP contribution in [0.3, 0.4) is 0 Å². The van der Waals surface area contributed by atoms with Crippen LogP contribution in [-0.2, 0) is 6.54 Å². The van der Waals surface area contributed by atoms with Gasteiger partial charge in [0.15, 0.2) is 11.0 Å². The van der Waals surface area contributed by atoms with E-state index in [1.807, 2.05) is 6.92 Å². The Labute approximate surface area is 96.5 Å². The summed E-state index contributed by atoms with van der Waals surface area (Å²) in [5, 5.41) is 7.89. The zero-order valence-electron chi connectivity index (χ0n) is 8.48. The molecule has 2 aromatic rings. The van der Waals surface area contributed by atoms with E-state index in [0.717, 1.165) is 18.2 Å². The van der Waals surface area contributed by atoms with Crippen molar-refractivity contribution in [3.05, 3.63) is 29.8 Å². The molecule has 0 saturated carbocycles. The van der Waals surface area contributed by atoms with Crippen LogP contribution in [-0.4, -0.2) is 14.8 Å². The highest BCUT2D eigenvalue weighted by Gasteiger charge is 2.14. The van der Waals surface area contributed by atoms with Crippen LogP contribution in [0.1, 0.15) is 6.92 Å². The molecule has 0 N–H and O–H groups in total. The Morgan fingerprint density at radius 3 is 2.75 bits per heavy atom. The Hall–Kier alpha value is -1.43. The molecular formula is C10H9F2N3S. The molecule has 0 atom stereocenters. The van der Waals surface area contributed by atoms with Crippen molar-refractivity contribution in [1.82, 2.24) is 14.8 Å².